The fourth-order valence-corrected chi connectivity index (χ4v) is 2.82. The molecule has 7 nitrogen and oxygen atoms in total. The molecule has 2 heterocycles. The smallest absolute Gasteiger partial charge is 0.274 e. The van der Waals surface area contributed by atoms with E-state index >= 15 is 0 Å². The van der Waals surface area contributed by atoms with Crippen molar-refractivity contribution in [2.24, 2.45) is 0 Å². The van der Waals surface area contributed by atoms with E-state index in [0.29, 0.717) is 28.6 Å². The summed E-state index contributed by atoms with van der Waals surface area (Å²) in [7, 11) is 0. The number of hydrogen-bond acceptors (Lipinski definition) is 5. The van der Waals surface area contributed by atoms with E-state index in [0.717, 1.165) is 11.3 Å². The minimum atomic E-state index is -0.353. The molecule has 1 N–H and O–H groups in total. The summed E-state index contributed by atoms with van der Waals surface area (Å²) >= 11 is 6.13. The summed E-state index contributed by atoms with van der Waals surface area (Å²) in [6, 6.07) is 7.69. The van der Waals surface area contributed by atoms with Gasteiger partial charge in [0, 0.05) is 6.54 Å². The molecule has 0 fully saturated rings. The van der Waals surface area contributed by atoms with Crippen LogP contribution in [0.3, 0.4) is 0 Å². The Morgan fingerprint density at radius 3 is 2.74 bits per heavy atom. The molecule has 0 aliphatic carbocycles. The number of benzene rings is 1. The number of hydrogen-bond donors (Lipinski definition) is 1. The van der Waals surface area contributed by atoms with Crippen LogP contribution in [-0.4, -0.2) is 20.8 Å². The fraction of sp³-hybridized carbons (Fsp3) is 0.316. The van der Waals surface area contributed by atoms with Gasteiger partial charge >= 0.3 is 0 Å². The van der Waals surface area contributed by atoms with Crippen LogP contribution >= 0.6 is 11.6 Å². The third kappa shape index (κ3) is 4.31. The molecule has 0 unspecified atom stereocenters. The monoisotopic (exact) mass is 388 g/mol. The number of carbonyl (C=O) groups is 1. The van der Waals surface area contributed by atoms with Gasteiger partial charge < -0.3 is 14.6 Å². The molecule has 1 aromatic carbocycles. The Kier molecular flexibility index (Phi) is 5.81. The number of rotatable bonds is 7. The van der Waals surface area contributed by atoms with E-state index in [9.17, 15) is 4.79 Å². The minimum absolute atomic E-state index is 0.189. The van der Waals surface area contributed by atoms with Crippen molar-refractivity contribution in [1.29, 1.82) is 0 Å². The molecule has 3 rings (SSSR count). The molecule has 1 amide bonds. The summed E-state index contributed by atoms with van der Waals surface area (Å²) in [5.41, 5.74) is 2.71. The van der Waals surface area contributed by atoms with E-state index in [1.165, 1.54) is 0 Å². The number of carbonyl (C=O) groups excluding carboxylic acids is 1. The highest BCUT2D eigenvalue weighted by molar-refractivity contribution is 6.31. The molecule has 142 valence electrons. The van der Waals surface area contributed by atoms with Gasteiger partial charge in [-0.1, -0.05) is 34.5 Å². The van der Waals surface area contributed by atoms with E-state index in [1.54, 1.807) is 17.8 Å². The average Bonchev–Trinajstić information content (AvgIpc) is 3.21. The Balaban J connectivity index is 1.68. The van der Waals surface area contributed by atoms with Crippen molar-refractivity contribution in [2.75, 3.05) is 0 Å². The first-order valence-corrected chi connectivity index (χ1v) is 9.00. The summed E-state index contributed by atoms with van der Waals surface area (Å²) in [6.07, 6.45) is 1.56. The largest absolute Gasteiger partial charge is 0.489 e. The van der Waals surface area contributed by atoms with Crippen LogP contribution in [0.25, 0.3) is 0 Å². The number of halogens is 1. The number of nitrogens with zero attached hydrogens (tertiary/aromatic N) is 3. The highest BCUT2D eigenvalue weighted by Gasteiger charge is 2.21. The highest BCUT2D eigenvalue weighted by atomic mass is 35.5. The van der Waals surface area contributed by atoms with E-state index in [4.69, 9.17) is 20.9 Å². The summed E-state index contributed by atoms with van der Waals surface area (Å²) in [4.78, 5) is 12.6. The molecule has 0 aliphatic heterocycles. The zero-order chi connectivity index (χ0) is 19.4. The van der Waals surface area contributed by atoms with Gasteiger partial charge in [-0.05, 0) is 32.9 Å². The minimum Gasteiger partial charge on any atom is -0.489 e. The number of aryl methyl sites for hydroxylation is 3. The lowest BCUT2D eigenvalue weighted by Gasteiger charge is -2.09. The zero-order valence-electron chi connectivity index (χ0n) is 15.5. The topological polar surface area (TPSA) is 82.2 Å². The van der Waals surface area contributed by atoms with Crippen LogP contribution < -0.4 is 10.1 Å². The highest BCUT2D eigenvalue weighted by Crippen LogP contribution is 2.19. The first-order valence-electron chi connectivity index (χ1n) is 8.62. The molecule has 0 bridgehead atoms. The SMILES string of the molecule is CCn1ncc(Cl)c1CNC(=O)c1noc(C)c1COc1ccc(C)cc1. The Morgan fingerprint density at radius 1 is 1.30 bits per heavy atom. The van der Waals surface area contributed by atoms with Crippen molar-refractivity contribution < 1.29 is 14.1 Å². The van der Waals surface area contributed by atoms with Crippen LogP contribution in [0, 0.1) is 13.8 Å². The molecule has 2 aromatic heterocycles. The lowest BCUT2D eigenvalue weighted by atomic mass is 10.2. The third-order valence-electron chi connectivity index (χ3n) is 4.22. The number of aromatic nitrogens is 3. The fourth-order valence-electron chi connectivity index (χ4n) is 2.61. The van der Waals surface area contributed by atoms with Crippen molar-refractivity contribution in [3.8, 4) is 5.75 Å². The molecule has 27 heavy (non-hydrogen) atoms. The molecule has 0 radical (unpaired) electrons. The van der Waals surface area contributed by atoms with Gasteiger partial charge in [0.25, 0.3) is 5.91 Å². The van der Waals surface area contributed by atoms with Gasteiger partial charge in [-0.3, -0.25) is 9.48 Å². The quantitative estimate of drug-likeness (QED) is 0.667. The first-order chi connectivity index (χ1) is 13.0. The summed E-state index contributed by atoms with van der Waals surface area (Å²) in [6.45, 7) is 6.81. The number of nitrogens with one attached hydrogen (secondary N) is 1. The zero-order valence-corrected chi connectivity index (χ0v) is 16.2. The second-order valence-electron chi connectivity index (χ2n) is 6.11. The van der Waals surface area contributed by atoms with E-state index in [2.05, 4.69) is 15.6 Å². The van der Waals surface area contributed by atoms with Crippen molar-refractivity contribution in [3.63, 3.8) is 0 Å². The van der Waals surface area contributed by atoms with Gasteiger partial charge in [0.15, 0.2) is 5.69 Å². The van der Waals surface area contributed by atoms with Crippen LogP contribution in [0.4, 0.5) is 0 Å². The Labute approximate surface area is 162 Å². The Hall–Kier alpha value is -2.80. The Bertz CT molecular complexity index is 931. The van der Waals surface area contributed by atoms with Crippen molar-refractivity contribution in [2.45, 2.75) is 40.5 Å². The maximum absolute atomic E-state index is 12.6. The average molecular weight is 389 g/mol. The Morgan fingerprint density at radius 2 is 2.04 bits per heavy atom. The summed E-state index contributed by atoms with van der Waals surface area (Å²) in [5, 5.41) is 11.4. The molecule has 0 atom stereocenters. The van der Waals surface area contributed by atoms with Gasteiger partial charge in [0.2, 0.25) is 0 Å². The molecule has 0 spiro atoms. The predicted octanol–water partition coefficient (Wildman–Crippen LogP) is 3.67. The van der Waals surface area contributed by atoms with Crippen LogP contribution in [0.1, 0.15) is 40.0 Å². The van der Waals surface area contributed by atoms with E-state index in [-0.39, 0.29) is 24.8 Å². The lowest BCUT2D eigenvalue weighted by Crippen LogP contribution is -2.26. The van der Waals surface area contributed by atoms with Crippen LogP contribution in [-0.2, 0) is 19.7 Å². The molecule has 0 aliphatic rings. The van der Waals surface area contributed by atoms with Crippen LogP contribution in [0.15, 0.2) is 35.0 Å². The maximum Gasteiger partial charge on any atom is 0.274 e. The normalized spacial score (nSPS) is 10.8. The molecular weight excluding hydrogens is 368 g/mol. The second-order valence-corrected chi connectivity index (χ2v) is 6.51. The van der Waals surface area contributed by atoms with Crippen LogP contribution in [0.5, 0.6) is 5.75 Å². The molecule has 0 saturated heterocycles. The van der Waals surface area contributed by atoms with Gasteiger partial charge in [-0.2, -0.15) is 5.10 Å². The van der Waals surface area contributed by atoms with Crippen molar-refractivity contribution in [3.05, 3.63) is 63.8 Å². The summed E-state index contributed by atoms with van der Waals surface area (Å²) in [5.74, 6) is 0.907. The van der Waals surface area contributed by atoms with E-state index in [1.807, 2.05) is 38.1 Å². The van der Waals surface area contributed by atoms with E-state index < -0.39 is 0 Å². The van der Waals surface area contributed by atoms with Gasteiger partial charge in [0.05, 0.1) is 29.0 Å². The van der Waals surface area contributed by atoms with Crippen molar-refractivity contribution >= 4 is 17.5 Å². The molecule has 8 heteroatoms. The number of amides is 1. The van der Waals surface area contributed by atoms with Gasteiger partial charge in [-0.25, -0.2) is 0 Å². The second kappa shape index (κ2) is 8.26. The van der Waals surface area contributed by atoms with Gasteiger partial charge in [0.1, 0.15) is 18.1 Å². The maximum atomic E-state index is 12.6. The molecular formula is C19H21ClN4O3. The van der Waals surface area contributed by atoms with Gasteiger partial charge in [-0.15, -0.1) is 0 Å². The predicted molar refractivity (Wildman–Crippen MR) is 101 cm³/mol. The lowest BCUT2D eigenvalue weighted by molar-refractivity contribution is 0.0938. The third-order valence-corrected chi connectivity index (χ3v) is 4.53. The molecule has 3 aromatic rings. The standard InChI is InChI=1S/C19H21ClN4O3/c1-4-24-17(16(20)9-22-24)10-21-19(25)18-15(13(3)27-23-18)11-26-14-7-5-12(2)6-8-14/h5-9H,4,10-11H2,1-3H3,(H,21,25). The summed E-state index contributed by atoms with van der Waals surface area (Å²) < 4.78 is 12.7. The number of ether oxygens (including phenoxy) is 1. The first kappa shape index (κ1) is 19.0. The van der Waals surface area contributed by atoms with Crippen LogP contribution in [0.2, 0.25) is 5.02 Å². The van der Waals surface area contributed by atoms with Crippen molar-refractivity contribution in [1.82, 2.24) is 20.3 Å². The molecule has 0 saturated carbocycles.